The number of anilines is 5. The molecule has 12 heteroatoms. The summed E-state index contributed by atoms with van der Waals surface area (Å²) in [6.07, 6.45) is 5.16. The van der Waals surface area contributed by atoms with Crippen LogP contribution < -0.4 is 20.3 Å². The topological polar surface area (TPSA) is 132 Å². The van der Waals surface area contributed by atoms with Gasteiger partial charge in [0.05, 0.1) is 42.3 Å². The number of morpholine rings is 1. The van der Waals surface area contributed by atoms with Gasteiger partial charge in [0.25, 0.3) is 5.69 Å². The second kappa shape index (κ2) is 10.3. The van der Waals surface area contributed by atoms with Gasteiger partial charge in [-0.3, -0.25) is 10.1 Å². The number of nitrogens with one attached hydrogen (secondary N) is 2. The molecule has 0 saturated carbocycles. The first-order valence-electron chi connectivity index (χ1n) is 11.3. The van der Waals surface area contributed by atoms with Gasteiger partial charge in [-0.05, 0) is 24.3 Å². The SMILES string of the molecule is COc1cc(N2CCOCC2)c([N+](=O)[O-])cc1Nc1nccc(Nc2ccccc2-n2cccn2)n1. The first-order chi connectivity index (χ1) is 17.6. The maximum absolute atomic E-state index is 11.9. The maximum atomic E-state index is 11.9. The van der Waals surface area contributed by atoms with Crippen molar-refractivity contribution in [3.05, 3.63) is 77.2 Å². The van der Waals surface area contributed by atoms with Gasteiger partial charge in [0.1, 0.15) is 17.3 Å². The van der Waals surface area contributed by atoms with Crippen LogP contribution in [0.4, 0.5) is 34.5 Å². The highest BCUT2D eigenvalue weighted by Crippen LogP contribution is 2.39. The summed E-state index contributed by atoms with van der Waals surface area (Å²) in [7, 11) is 1.51. The number of methoxy groups -OCH3 is 1. The van der Waals surface area contributed by atoms with Crippen LogP contribution in [-0.4, -0.2) is 58.1 Å². The van der Waals surface area contributed by atoms with E-state index in [2.05, 4.69) is 25.7 Å². The number of hydrogen-bond acceptors (Lipinski definition) is 10. The van der Waals surface area contributed by atoms with Gasteiger partial charge in [-0.25, -0.2) is 9.67 Å². The highest BCUT2D eigenvalue weighted by molar-refractivity contribution is 5.77. The molecule has 2 aromatic carbocycles. The molecule has 1 saturated heterocycles. The van der Waals surface area contributed by atoms with Gasteiger partial charge in [-0.15, -0.1) is 0 Å². The standard InChI is InChI=1S/C24H24N8O4/c1-35-22-16-20(30-11-13-36-14-12-30)21(32(33)34)15-18(22)28-24-25-9-7-23(29-24)27-17-5-2-3-6-19(17)31-10-4-8-26-31/h2-10,15-16H,11-14H2,1H3,(H2,25,27,28,29). The molecular weight excluding hydrogens is 464 g/mol. The smallest absolute Gasteiger partial charge is 0.294 e. The van der Waals surface area contributed by atoms with Crippen molar-refractivity contribution < 1.29 is 14.4 Å². The highest BCUT2D eigenvalue weighted by atomic mass is 16.6. The number of nitro benzene ring substituents is 1. The van der Waals surface area contributed by atoms with E-state index in [0.29, 0.717) is 49.2 Å². The molecule has 0 spiro atoms. The zero-order chi connectivity index (χ0) is 24.9. The molecular formula is C24H24N8O4. The number of ether oxygens (including phenoxy) is 2. The summed E-state index contributed by atoms with van der Waals surface area (Å²) in [6, 6.07) is 14.4. The van der Waals surface area contributed by atoms with Crippen molar-refractivity contribution in [1.82, 2.24) is 19.7 Å². The minimum atomic E-state index is -0.402. The quantitative estimate of drug-likeness (QED) is 0.278. The molecule has 0 radical (unpaired) electrons. The van der Waals surface area contributed by atoms with Crippen molar-refractivity contribution in [1.29, 1.82) is 0 Å². The molecule has 12 nitrogen and oxygen atoms in total. The molecule has 1 aliphatic rings. The van der Waals surface area contributed by atoms with Gasteiger partial charge in [0.2, 0.25) is 5.95 Å². The molecule has 5 rings (SSSR count). The molecule has 1 fully saturated rings. The van der Waals surface area contributed by atoms with Crippen molar-refractivity contribution >= 4 is 34.5 Å². The van der Waals surface area contributed by atoms with Crippen LogP contribution in [0.1, 0.15) is 0 Å². The van der Waals surface area contributed by atoms with Crippen LogP contribution in [0, 0.1) is 10.1 Å². The van der Waals surface area contributed by atoms with Gasteiger partial charge in [0.15, 0.2) is 0 Å². The predicted octanol–water partition coefficient (Wildman–Crippen LogP) is 3.90. The molecule has 2 aromatic heterocycles. The normalized spacial score (nSPS) is 13.3. The zero-order valence-electron chi connectivity index (χ0n) is 19.5. The summed E-state index contributed by atoms with van der Waals surface area (Å²) in [5.74, 6) is 1.22. The third-order valence-corrected chi connectivity index (χ3v) is 5.67. The summed E-state index contributed by atoms with van der Waals surface area (Å²) in [5.41, 5.74) is 2.48. The van der Waals surface area contributed by atoms with Gasteiger partial charge in [-0.2, -0.15) is 10.1 Å². The third-order valence-electron chi connectivity index (χ3n) is 5.67. The Morgan fingerprint density at radius 3 is 2.61 bits per heavy atom. The van der Waals surface area contributed by atoms with Crippen LogP contribution >= 0.6 is 0 Å². The summed E-state index contributed by atoms with van der Waals surface area (Å²) in [6.45, 7) is 2.15. The molecule has 0 bridgehead atoms. The van der Waals surface area contributed by atoms with E-state index in [-0.39, 0.29) is 11.6 Å². The van der Waals surface area contributed by atoms with Crippen LogP contribution in [-0.2, 0) is 4.74 Å². The van der Waals surface area contributed by atoms with Crippen LogP contribution in [0.25, 0.3) is 5.69 Å². The number of para-hydroxylation sites is 2. The Morgan fingerprint density at radius 1 is 1.03 bits per heavy atom. The Kier molecular flexibility index (Phi) is 6.58. The molecule has 0 atom stereocenters. The van der Waals surface area contributed by atoms with E-state index in [0.717, 1.165) is 11.4 Å². The average molecular weight is 489 g/mol. The summed E-state index contributed by atoms with van der Waals surface area (Å²) < 4.78 is 12.7. The summed E-state index contributed by atoms with van der Waals surface area (Å²) in [4.78, 5) is 22.2. The second-order valence-electron chi connectivity index (χ2n) is 7.88. The van der Waals surface area contributed by atoms with Crippen molar-refractivity contribution in [2.75, 3.05) is 48.9 Å². The molecule has 1 aliphatic heterocycles. The number of aromatic nitrogens is 4. The number of rotatable bonds is 8. The molecule has 36 heavy (non-hydrogen) atoms. The largest absolute Gasteiger partial charge is 0.494 e. The van der Waals surface area contributed by atoms with E-state index in [1.165, 1.54) is 13.2 Å². The van der Waals surface area contributed by atoms with Gasteiger partial charge in [-0.1, -0.05) is 12.1 Å². The van der Waals surface area contributed by atoms with Gasteiger partial charge >= 0.3 is 0 Å². The van der Waals surface area contributed by atoms with Crippen LogP contribution in [0.15, 0.2) is 67.1 Å². The first-order valence-corrected chi connectivity index (χ1v) is 11.3. The van der Waals surface area contributed by atoms with Gasteiger partial charge in [0, 0.05) is 43.8 Å². The number of nitro groups is 1. The summed E-state index contributed by atoms with van der Waals surface area (Å²) in [5, 5.41) is 22.5. The van der Waals surface area contributed by atoms with E-state index >= 15 is 0 Å². The van der Waals surface area contributed by atoms with Crippen LogP contribution in [0.5, 0.6) is 5.75 Å². The van der Waals surface area contributed by atoms with E-state index in [1.54, 1.807) is 29.2 Å². The first kappa shape index (κ1) is 23.1. The lowest BCUT2D eigenvalue weighted by Crippen LogP contribution is -2.36. The lowest BCUT2D eigenvalue weighted by atomic mass is 10.2. The Hall–Kier alpha value is -4.71. The molecule has 4 aromatic rings. The van der Waals surface area contributed by atoms with Crippen LogP contribution in [0.3, 0.4) is 0 Å². The van der Waals surface area contributed by atoms with Gasteiger partial charge < -0.3 is 25.0 Å². The fourth-order valence-corrected chi connectivity index (χ4v) is 3.97. The van der Waals surface area contributed by atoms with Crippen molar-refractivity contribution in [3.63, 3.8) is 0 Å². The Labute approximate surface area is 206 Å². The third kappa shape index (κ3) is 4.88. The Morgan fingerprint density at radius 2 is 1.86 bits per heavy atom. The minimum Gasteiger partial charge on any atom is -0.494 e. The van der Waals surface area contributed by atoms with Crippen molar-refractivity contribution in [2.24, 2.45) is 0 Å². The number of nitrogens with zero attached hydrogens (tertiary/aromatic N) is 6. The molecule has 3 heterocycles. The monoisotopic (exact) mass is 488 g/mol. The molecule has 184 valence electrons. The lowest BCUT2D eigenvalue weighted by Gasteiger charge is -2.29. The number of benzene rings is 2. The fourth-order valence-electron chi connectivity index (χ4n) is 3.97. The Balaban J connectivity index is 1.43. The average Bonchev–Trinajstić information content (AvgIpc) is 3.44. The van der Waals surface area contributed by atoms with E-state index < -0.39 is 4.92 Å². The maximum Gasteiger partial charge on any atom is 0.294 e. The number of hydrogen-bond donors (Lipinski definition) is 2. The van der Waals surface area contributed by atoms with E-state index in [4.69, 9.17) is 9.47 Å². The fraction of sp³-hybridized carbons (Fsp3) is 0.208. The zero-order valence-corrected chi connectivity index (χ0v) is 19.5. The van der Waals surface area contributed by atoms with Crippen molar-refractivity contribution in [2.45, 2.75) is 0 Å². The summed E-state index contributed by atoms with van der Waals surface area (Å²) >= 11 is 0. The molecule has 0 amide bonds. The molecule has 0 unspecified atom stereocenters. The minimum absolute atomic E-state index is 0.0392. The Bertz CT molecular complexity index is 1360. The van der Waals surface area contributed by atoms with E-state index in [9.17, 15) is 10.1 Å². The lowest BCUT2D eigenvalue weighted by molar-refractivity contribution is -0.384. The molecule has 2 N–H and O–H groups in total. The highest BCUT2D eigenvalue weighted by Gasteiger charge is 2.25. The second-order valence-corrected chi connectivity index (χ2v) is 7.88. The predicted molar refractivity (Wildman–Crippen MR) is 135 cm³/mol. The van der Waals surface area contributed by atoms with E-state index in [1.807, 2.05) is 41.4 Å². The van der Waals surface area contributed by atoms with Crippen molar-refractivity contribution in [3.8, 4) is 11.4 Å². The van der Waals surface area contributed by atoms with Crippen LogP contribution in [0.2, 0.25) is 0 Å². The molecule has 0 aliphatic carbocycles.